The summed E-state index contributed by atoms with van der Waals surface area (Å²) in [5.41, 5.74) is 8.41. The molecule has 5 nitrogen and oxygen atoms in total. The van der Waals surface area contributed by atoms with Crippen LogP contribution in [0.3, 0.4) is 0 Å². The quantitative estimate of drug-likeness (QED) is 0.881. The molecule has 0 saturated carbocycles. The summed E-state index contributed by atoms with van der Waals surface area (Å²) < 4.78 is 0. The summed E-state index contributed by atoms with van der Waals surface area (Å²) in [5, 5.41) is 0.393. The predicted octanol–water partition coefficient (Wildman–Crippen LogP) is 2.34. The normalized spacial score (nSPS) is 16.0. The monoisotopic (exact) mass is 317 g/mol. The molecule has 0 unspecified atom stereocenters. The van der Waals surface area contributed by atoms with Crippen molar-refractivity contribution in [3.05, 3.63) is 46.6 Å². The van der Waals surface area contributed by atoms with Gasteiger partial charge in [0.05, 0.1) is 0 Å². The molecular formula is C16H20ClN5. The van der Waals surface area contributed by atoms with E-state index >= 15 is 0 Å². The number of nitrogens with zero attached hydrogens (tertiary/aromatic N) is 4. The van der Waals surface area contributed by atoms with E-state index < -0.39 is 0 Å². The lowest BCUT2D eigenvalue weighted by molar-refractivity contribution is 0.249. The molecule has 3 rings (SSSR count). The Balaban J connectivity index is 1.62. The van der Waals surface area contributed by atoms with Crippen LogP contribution in [0.4, 0.5) is 11.8 Å². The van der Waals surface area contributed by atoms with Gasteiger partial charge in [-0.1, -0.05) is 35.9 Å². The van der Waals surface area contributed by atoms with Crippen LogP contribution in [-0.2, 0) is 6.54 Å². The highest BCUT2D eigenvalue weighted by Gasteiger charge is 2.19. The van der Waals surface area contributed by atoms with Gasteiger partial charge in [0.25, 0.3) is 0 Å². The Morgan fingerprint density at radius 2 is 1.86 bits per heavy atom. The topological polar surface area (TPSA) is 58.3 Å². The van der Waals surface area contributed by atoms with Crippen molar-refractivity contribution in [1.82, 2.24) is 14.9 Å². The number of aromatic nitrogens is 2. The molecule has 1 aromatic carbocycles. The molecule has 1 fully saturated rings. The molecule has 0 amide bonds. The van der Waals surface area contributed by atoms with Crippen molar-refractivity contribution < 1.29 is 0 Å². The summed E-state index contributed by atoms with van der Waals surface area (Å²) in [5.74, 6) is 1.04. The minimum Gasteiger partial charge on any atom is -0.368 e. The second kappa shape index (κ2) is 6.50. The number of rotatable bonds is 3. The second-order valence-electron chi connectivity index (χ2n) is 5.60. The molecule has 2 aromatic rings. The van der Waals surface area contributed by atoms with E-state index in [1.807, 2.05) is 0 Å². The number of nitrogens with two attached hydrogens (primary N) is 1. The van der Waals surface area contributed by atoms with E-state index in [9.17, 15) is 0 Å². The lowest BCUT2D eigenvalue weighted by Crippen LogP contribution is -2.46. The van der Waals surface area contributed by atoms with Crippen LogP contribution in [0.15, 0.2) is 30.3 Å². The van der Waals surface area contributed by atoms with Crippen molar-refractivity contribution in [3.63, 3.8) is 0 Å². The highest BCUT2D eigenvalue weighted by atomic mass is 35.5. The molecule has 0 spiro atoms. The molecular weight excluding hydrogens is 298 g/mol. The molecule has 2 N–H and O–H groups in total. The molecule has 1 aliphatic heterocycles. The molecule has 116 valence electrons. The zero-order chi connectivity index (χ0) is 15.5. The first-order valence-electron chi connectivity index (χ1n) is 7.44. The number of piperazine rings is 1. The molecule has 6 heteroatoms. The summed E-state index contributed by atoms with van der Waals surface area (Å²) in [6, 6.07) is 10.3. The molecule has 0 bridgehead atoms. The Kier molecular flexibility index (Phi) is 4.45. The summed E-state index contributed by atoms with van der Waals surface area (Å²) in [6.45, 7) is 6.98. The maximum absolute atomic E-state index is 5.95. The van der Waals surface area contributed by atoms with Gasteiger partial charge in [-0.15, -0.1) is 0 Å². The van der Waals surface area contributed by atoms with Crippen LogP contribution < -0.4 is 10.6 Å². The minimum atomic E-state index is 0.227. The Labute approximate surface area is 135 Å². The summed E-state index contributed by atoms with van der Waals surface area (Å²) in [4.78, 5) is 12.8. The molecule has 1 aliphatic rings. The van der Waals surface area contributed by atoms with Gasteiger partial charge < -0.3 is 10.6 Å². The number of benzene rings is 1. The molecule has 0 aliphatic carbocycles. The average Bonchev–Trinajstić information content (AvgIpc) is 2.49. The number of hydrogen-bond acceptors (Lipinski definition) is 5. The van der Waals surface area contributed by atoms with Gasteiger partial charge in [0.15, 0.2) is 0 Å². The van der Waals surface area contributed by atoms with Gasteiger partial charge in [-0.05, 0) is 18.1 Å². The Bertz CT molecular complexity index is 632. The minimum absolute atomic E-state index is 0.227. The third kappa shape index (κ3) is 3.48. The predicted molar refractivity (Wildman–Crippen MR) is 90.1 cm³/mol. The van der Waals surface area contributed by atoms with Crippen molar-refractivity contribution >= 4 is 23.4 Å². The molecule has 2 heterocycles. The summed E-state index contributed by atoms with van der Waals surface area (Å²) in [6.07, 6.45) is 0. The van der Waals surface area contributed by atoms with Gasteiger partial charge in [0.1, 0.15) is 11.0 Å². The van der Waals surface area contributed by atoms with Gasteiger partial charge in [0, 0.05) is 38.8 Å². The highest BCUT2D eigenvalue weighted by molar-refractivity contribution is 6.29. The maximum atomic E-state index is 5.95. The highest BCUT2D eigenvalue weighted by Crippen LogP contribution is 2.19. The average molecular weight is 318 g/mol. The first-order valence-corrected chi connectivity index (χ1v) is 7.81. The van der Waals surface area contributed by atoms with Crippen molar-refractivity contribution in [2.45, 2.75) is 13.5 Å². The molecule has 1 aromatic heterocycles. The van der Waals surface area contributed by atoms with Crippen molar-refractivity contribution in [2.75, 3.05) is 36.8 Å². The van der Waals surface area contributed by atoms with Crippen LogP contribution in [0.2, 0.25) is 5.15 Å². The zero-order valence-corrected chi connectivity index (χ0v) is 13.4. The standard InChI is InChI=1S/C16H20ClN5/c1-12-4-2-3-5-13(12)11-21-6-8-22(9-7-21)15-10-14(17)19-16(18)20-15/h2-5,10H,6-9,11H2,1H3,(H2,18,19,20). The van der Waals surface area contributed by atoms with Crippen molar-refractivity contribution in [3.8, 4) is 0 Å². The summed E-state index contributed by atoms with van der Waals surface area (Å²) in [7, 11) is 0. The van der Waals surface area contributed by atoms with Gasteiger partial charge in [-0.25, -0.2) is 4.98 Å². The first kappa shape index (κ1) is 15.1. The lowest BCUT2D eigenvalue weighted by Gasteiger charge is -2.35. The fourth-order valence-electron chi connectivity index (χ4n) is 2.75. The van der Waals surface area contributed by atoms with Crippen LogP contribution in [0.1, 0.15) is 11.1 Å². The lowest BCUT2D eigenvalue weighted by atomic mass is 10.1. The maximum Gasteiger partial charge on any atom is 0.223 e. The van der Waals surface area contributed by atoms with E-state index in [-0.39, 0.29) is 5.95 Å². The van der Waals surface area contributed by atoms with Gasteiger partial charge in [0.2, 0.25) is 5.95 Å². The fraction of sp³-hybridized carbons (Fsp3) is 0.375. The molecule has 1 saturated heterocycles. The van der Waals surface area contributed by atoms with Gasteiger partial charge in [-0.3, -0.25) is 4.90 Å². The third-order valence-electron chi connectivity index (χ3n) is 4.05. The Morgan fingerprint density at radius 1 is 1.14 bits per heavy atom. The van der Waals surface area contributed by atoms with Crippen molar-refractivity contribution in [2.24, 2.45) is 0 Å². The van der Waals surface area contributed by atoms with E-state index in [2.05, 4.69) is 51.0 Å². The van der Waals surface area contributed by atoms with Crippen LogP contribution in [0.25, 0.3) is 0 Å². The SMILES string of the molecule is Cc1ccccc1CN1CCN(c2cc(Cl)nc(N)n2)CC1. The number of aryl methyl sites for hydroxylation is 1. The van der Waals surface area contributed by atoms with Crippen LogP contribution in [-0.4, -0.2) is 41.0 Å². The van der Waals surface area contributed by atoms with E-state index in [4.69, 9.17) is 17.3 Å². The number of anilines is 2. The first-order chi connectivity index (χ1) is 10.6. The number of hydrogen-bond donors (Lipinski definition) is 1. The molecule has 22 heavy (non-hydrogen) atoms. The number of nitrogen functional groups attached to an aromatic ring is 1. The van der Waals surface area contributed by atoms with Crippen LogP contribution >= 0.6 is 11.6 Å². The van der Waals surface area contributed by atoms with E-state index in [1.54, 1.807) is 6.07 Å². The van der Waals surface area contributed by atoms with Gasteiger partial charge >= 0.3 is 0 Å². The van der Waals surface area contributed by atoms with Crippen molar-refractivity contribution in [1.29, 1.82) is 0 Å². The number of halogens is 1. The van der Waals surface area contributed by atoms with E-state index in [0.29, 0.717) is 5.15 Å². The molecule has 0 radical (unpaired) electrons. The van der Waals surface area contributed by atoms with Crippen LogP contribution in [0, 0.1) is 6.92 Å². The Hall–Kier alpha value is -1.85. The van der Waals surface area contributed by atoms with Crippen LogP contribution in [0.5, 0.6) is 0 Å². The second-order valence-corrected chi connectivity index (χ2v) is 5.98. The largest absolute Gasteiger partial charge is 0.368 e. The third-order valence-corrected chi connectivity index (χ3v) is 4.24. The molecule has 0 atom stereocenters. The summed E-state index contributed by atoms with van der Waals surface area (Å²) >= 11 is 5.95. The fourth-order valence-corrected chi connectivity index (χ4v) is 2.93. The van der Waals surface area contributed by atoms with E-state index in [0.717, 1.165) is 38.5 Å². The van der Waals surface area contributed by atoms with E-state index in [1.165, 1.54) is 11.1 Å². The van der Waals surface area contributed by atoms with Gasteiger partial charge in [-0.2, -0.15) is 4.98 Å². The smallest absolute Gasteiger partial charge is 0.223 e. The zero-order valence-electron chi connectivity index (χ0n) is 12.7. The Morgan fingerprint density at radius 3 is 2.55 bits per heavy atom.